The van der Waals surface area contributed by atoms with Crippen LogP contribution in [-0.2, 0) is 15.0 Å². The number of benzene rings is 1. The average Bonchev–Trinajstić information content (AvgIpc) is 2.47. The highest BCUT2D eigenvalue weighted by Gasteiger charge is 2.43. The molecule has 1 aliphatic heterocycles. The molecule has 1 aromatic rings. The van der Waals surface area contributed by atoms with Gasteiger partial charge in [-0.1, -0.05) is 19.1 Å². The molecule has 0 aromatic heterocycles. The highest BCUT2D eigenvalue weighted by Crippen LogP contribution is 2.34. The summed E-state index contributed by atoms with van der Waals surface area (Å²) in [6.45, 7) is 2.63. The first-order chi connectivity index (χ1) is 10.1. The van der Waals surface area contributed by atoms with Crippen molar-refractivity contribution in [2.45, 2.75) is 31.6 Å². The molecule has 21 heavy (non-hydrogen) atoms. The van der Waals surface area contributed by atoms with E-state index in [9.17, 15) is 9.59 Å². The molecule has 1 heterocycles. The summed E-state index contributed by atoms with van der Waals surface area (Å²) in [4.78, 5) is 23.3. The van der Waals surface area contributed by atoms with E-state index in [1.807, 2.05) is 6.92 Å². The van der Waals surface area contributed by atoms with Crippen LogP contribution in [0, 0.1) is 0 Å². The van der Waals surface area contributed by atoms with Crippen molar-refractivity contribution in [3.63, 3.8) is 0 Å². The standard InChI is InChI=1S/C15H18N2O4/c1-2-9-21-12-5-3-11(4-6-12)15(10-13(18)19)7-8-16-17-14(15)20/h3-6,8H,2,7,9-10H2,1H3,(H,17,20)(H,18,19). The van der Waals surface area contributed by atoms with Gasteiger partial charge in [0.05, 0.1) is 18.4 Å². The predicted molar refractivity (Wildman–Crippen MR) is 77.4 cm³/mol. The maximum Gasteiger partial charge on any atom is 0.304 e. The number of hydrazone groups is 1. The Morgan fingerprint density at radius 1 is 1.43 bits per heavy atom. The van der Waals surface area contributed by atoms with Gasteiger partial charge in [0.25, 0.3) is 5.91 Å². The van der Waals surface area contributed by atoms with Gasteiger partial charge in [0.2, 0.25) is 0 Å². The van der Waals surface area contributed by atoms with Crippen LogP contribution in [0.4, 0.5) is 0 Å². The summed E-state index contributed by atoms with van der Waals surface area (Å²) in [5, 5.41) is 12.8. The van der Waals surface area contributed by atoms with Gasteiger partial charge in [-0.3, -0.25) is 9.59 Å². The summed E-state index contributed by atoms with van der Waals surface area (Å²) in [5.41, 5.74) is 1.90. The molecule has 0 fully saturated rings. The second-order valence-electron chi connectivity index (χ2n) is 4.98. The van der Waals surface area contributed by atoms with E-state index in [-0.39, 0.29) is 12.8 Å². The van der Waals surface area contributed by atoms with E-state index in [0.717, 1.165) is 6.42 Å². The number of carbonyl (C=O) groups excluding carboxylic acids is 1. The van der Waals surface area contributed by atoms with Gasteiger partial charge in [-0.25, -0.2) is 5.43 Å². The fraction of sp³-hybridized carbons (Fsp3) is 0.400. The molecule has 1 unspecified atom stereocenters. The van der Waals surface area contributed by atoms with Crippen LogP contribution in [0.5, 0.6) is 5.75 Å². The minimum atomic E-state index is -1.11. The Kier molecular flexibility index (Phi) is 4.57. The lowest BCUT2D eigenvalue weighted by molar-refractivity contribution is -0.142. The van der Waals surface area contributed by atoms with Gasteiger partial charge in [0, 0.05) is 12.6 Å². The summed E-state index contributed by atoms with van der Waals surface area (Å²) in [6, 6.07) is 7.00. The van der Waals surface area contributed by atoms with E-state index in [1.165, 1.54) is 6.21 Å². The highest BCUT2D eigenvalue weighted by molar-refractivity contribution is 5.96. The van der Waals surface area contributed by atoms with Gasteiger partial charge in [0.15, 0.2) is 0 Å². The maximum absolute atomic E-state index is 12.2. The van der Waals surface area contributed by atoms with Gasteiger partial charge in [-0.15, -0.1) is 0 Å². The van der Waals surface area contributed by atoms with Gasteiger partial charge in [-0.05, 0) is 24.1 Å². The third kappa shape index (κ3) is 3.21. The second kappa shape index (κ2) is 6.39. The van der Waals surface area contributed by atoms with Crippen LogP contribution in [0.15, 0.2) is 29.4 Å². The Morgan fingerprint density at radius 3 is 2.71 bits per heavy atom. The molecule has 0 aliphatic carbocycles. The Labute approximate surface area is 122 Å². The minimum absolute atomic E-state index is 0.264. The molecule has 1 atom stereocenters. The molecule has 0 saturated carbocycles. The zero-order valence-electron chi connectivity index (χ0n) is 11.8. The third-order valence-corrected chi connectivity index (χ3v) is 3.46. The number of nitrogens with one attached hydrogen (secondary N) is 1. The van der Waals surface area contributed by atoms with Crippen LogP contribution in [0.1, 0.15) is 31.7 Å². The molecule has 6 heteroatoms. The van der Waals surface area contributed by atoms with E-state index in [4.69, 9.17) is 9.84 Å². The number of aliphatic carboxylic acids is 1. The van der Waals surface area contributed by atoms with Crippen molar-refractivity contribution >= 4 is 18.1 Å². The summed E-state index contributed by atoms with van der Waals surface area (Å²) >= 11 is 0. The van der Waals surface area contributed by atoms with E-state index in [0.29, 0.717) is 17.9 Å². The Morgan fingerprint density at radius 2 is 2.14 bits per heavy atom. The number of nitrogens with zero attached hydrogens (tertiary/aromatic N) is 1. The SMILES string of the molecule is CCCOc1ccc(C2(CC(=O)O)CC=NNC2=O)cc1. The van der Waals surface area contributed by atoms with Crippen molar-refractivity contribution in [3.8, 4) is 5.75 Å². The second-order valence-corrected chi connectivity index (χ2v) is 4.98. The molecular formula is C15H18N2O4. The fourth-order valence-corrected chi connectivity index (χ4v) is 2.36. The lowest BCUT2D eigenvalue weighted by Crippen LogP contribution is -2.47. The van der Waals surface area contributed by atoms with E-state index < -0.39 is 17.3 Å². The Balaban J connectivity index is 2.31. The largest absolute Gasteiger partial charge is 0.494 e. The Bertz CT molecular complexity index is 553. The zero-order chi connectivity index (χ0) is 15.3. The number of rotatable bonds is 6. The van der Waals surface area contributed by atoms with Gasteiger partial charge >= 0.3 is 5.97 Å². The summed E-state index contributed by atoms with van der Waals surface area (Å²) in [6.07, 6.45) is 2.43. The van der Waals surface area contributed by atoms with Crippen LogP contribution in [0.3, 0.4) is 0 Å². The highest BCUT2D eigenvalue weighted by atomic mass is 16.5. The first-order valence-corrected chi connectivity index (χ1v) is 6.85. The lowest BCUT2D eigenvalue weighted by Gasteiger charge is -2.31. The summed E-state index contributed by atoms with van der Waals surface area (Å²) in [5.74, 6) is -0.711. The van der Waals surface area contributed by atoms with Gasteiger partial charge < -0.3 is 9.84 Å². The zero-order valence-corrected chi connectivity index (χ0v) is 11.8. The predicted octanol–water partition coefficient (Wildman–Crippen LogP) is 1.69. The topological polar surface area (TPSA) is 88.0 Å². The van der Waals surface area contributed by atoms with Crippen molar-refractivity contribution in [3.05, 3.63) is 29.8 Å². The minimum Gasteiger partial charge on any atom is -0.494 e. The van der Waals surface area contributed by atoms with Crippen molar-refractivity contribution in [1.82, 2.24) is 5.43 Å². The van der Waals surface area contributed by atoms with Crippen molar-refractivity contribution in [1.29, 1.82) is 0 Å². The number of carbonyl (C=O) groups is 2. The first-order valence-electron chi connectivity index (χ1n) is 6.85. The normalized spacial score (nSPS) is 20.9. The van der Waals surface area contributed by atoms with Crippen LogP contribution >= 0.6 is 0 Å². The van der Waals surface area contributed by atoms with Gasteiger partial charge in [-0.2, -0.15) is 5.10 Å². The number of carboxylic acid groups (broad SMARTS) is 1. The molecule has 0 spiro atoms. The molecule has 2 N–H and O–H groups in total. The van der Waals surface area contributed by atoms with Crippen LogP contribution < -0.4 is 10.2 Å². The van der Waals surface area contributed by atoms with Crippen LogP contribution in [0.2, 0.25) is 0 Å². The average molecular weight is 290 g/mol. The number of amides is 1. The van der Waals surface area contributed by atoms with Crippen LogP contribution in [0.25, 0.3) is 0 Å². The number of hydrogen-bond donors (Lipinski definition) is 2. The van der Waals surface area contributed by atoms with Crippen molar-refractivity contribution in [2.24, 2.45) is 5.10 Å². The molecule has 1 aromatic carbocycles. The fourth-order valence-electron chi connectivity index (χ4n) is 2.36. The Hall–Kier alpha value is -2.37. The van der Waals surface area contributed by atoms with Crippen molar-refractivity contribution < 1.29 is 19.4 Å². The first kappa shape index (κ1) is 15.0. The molecule has 1 amide bonds. The van der Waals surface area contributed by atoms with Gasteiger partial charge in [0.1, 0.15) is 5.75 Å². The molecule has 0 bridgehead atoms. The molecule has 1 aliphatic rings. The maximum atomic E-state index is 12.2. The van der Waals surface area contributed by atoms with Crippen LogP contribution in [-0.4, -0.2) is 29.8 Å². The molecule has 0 saturated heterocycles. The number of ether oxygens (including phenoxy) is 1. The van der Waals surface area contributed by atoms with Crippen molar-refractivity contribution in [2.75, 3.05) is 6.61 Å². The molecular weight excluding hydrogens is 272 g/mol. The monoisotopic (exact) mass is 290 g/mol. The molecule has 2 rings (SSSR count). The lowest BCUT2D eigenvalue weighted by atomic mass is 9.74. The number of hydrogen-bond acceptors (Lipinski definition) is 4. The molecule has 6 nitrogen and oxygen atoms in total. The summed E-state index contributed by atoms with van der Waals surface area (Å²) in [7, 11) is 0. The van der Waals surface area contributed by atoms with E-state index in [2.05, 4.69) is 10.5 Å². The van der Waals surface area contributed by atoms with E-state index >= 15 is 0 Å². The molecule has 112 valence electrons. The number of carboxylic acids is 1. The quantitative estimate of drug-likeness (QED) is 0.834. The van der Waals surface area contributed by atoms with E-state index in [1.54, 1.807) is 24.3 Å². The summed E-state index contributed by atoms with van der Waals surface area (Å²) < 4.78 is 5.50. The smallest absolute Gasteiger partial charge is 0.304 e. The third-order valence-electron chi connectivity index (χ3n) is 3.46. The molecule has 0 radical (unpaired) electrons.